The van der Waals surface area contributed by atoms with Gasteiger partial charge in [0.05, 0.1) is 12.3 Å². The molecule has 170 valence electrons. The Kier molecular flexibility index (Phi) is 8.01. The van der Waals surface area contributed by atoms with Crippen molar-refractivity contribution in [1.29, 1.82) is 0 Å². The molecule has 3 rings (SSSR count). The fourth-order valence-corrected chi connectivity index (χ4v) is 4.31. The summed E-state index contributed by atoms with van der Waals surface area (Å²) in [5.74, 6) is -0.0723. The maximum atomic E-state index is 13.4. The Bertz CT molecular complexity index is 1150. The van der Waals surface area contributed by atoms with Gasteiger partial charge in [-0.25, -0.2) is 13.1 Å². The van der Waals surface area contributed by atoms with Crippen molar-refractivity contribution >= 4 is 26.7 Å². The quantitative estimate of drug-likeness (QED) is 0.495. The van der Waals surface area contributed by atoms with Crippen molar-refractivity contribution in [2.24, 2.45) is 0 Å². The van der Waals surface area contributed by atoms with E-state index in [2.05, 4.69) is 34.3 Å². The van der Waals surface area contributed by atoms with Crippen molar-refractivity contribution in [1.82, 2.24) is 14.9 Å². The smallest absolute Gasteiger partial charge is 0.240 e. The molecule has 0 unspecified atom stereocenters. The number of benzene rings is 3. The highest BCUT2D eigenvalue weighted by molar-refractivity contribution is 7.88. The molecule has 7 heteroatoms. The van der Waals surface area contributed by atoms with E-state index in [1.807, 2.05) is 48.5 Å². The van der Waals surface area contributed by atoms with Gasteiger partial charge in [0.15, 0.2) is 0 Å². The first-order valence-corrected chi connectivity index (χ1v) is 12.6. The molecule has 0 spiro atoms. The molecule has 0 radical (unpaired) electrons. The van der Waals surface area contributed by atoms with E-state index in [0.717, 1.165) is 28.2 Å². The standard InChI is InChI=1S/C25H31N3O3S/c1-26-24(17-20-13-14-21-11-7-8-12-22(21)15-20)25(29)28(2)23(18-27-32(3,30)31)16-19-9-5-4-6-10-19/h4-15,23-24,26-27H,16-18H2,1-3H3/t23-,24-/m1/s1. The summed E-state index contributed by atoms with van der Waals surface area (Å²) in [6.45, 7) is 0.155. The molecule has 3 aromatic carbocycles. The molecular formula is C25H31N3O3S. The van der Waals surface area contributed by atoms with Crippen LogP contribution in [0.15, 0.2) is 72.8 Å². The third kappa shape index (κ3) is 6.63. The monoisotopic (exact) mass is 453 g/mol. The molecule has 2 atom stereocenters. The van der Waals surface area contributed by atoms with Gasteiger partial charge in [-0.1, -0.05) is 72.8 Å². The first kappa shape index (κ1) is 23.9. The lowest BCUT2D eigenvalue weighted by Gasteiger charge is -2.31. The molecule has 0 aromatic heterocycles. The first-order chi connectivity index (χ1) is 15.3. The molecule has 32 heavy (non-hydrogen) atoms. The molecule has 0 saturated heterocycles. The van der Waals surface area contributed by atoms with E-state index in [1.165, 1.54) is 0 Å². The molecule has 0 bridgehead atoms. The third-order valence-corrected chi connectivity index (χ3v) is 6.38. The van der Waals surface area contributed by atoms with Crippen molar-refractivity contribution in [3.63, 3.8) is 0 Å². The van der Waals surface area contributed by atoms with Crippen molar-refractivity contribution < 1.29 is 13.2 Å². The second-order valence-corrected chi connectivity index (χ2v) is 9.97. The fourth-order valence-electron chi connectivity index (χ4n) is 3.82. The number of fused-ring (bicyclic) bond motifs is 1. The van der Waals surface area contributed by atoms with Crippen LogP contribution in [-0.4, -0.2) is 58.2 Å². The van der Waals surface area contributed by atoms with E-state index < -0.39 is 16.1 Å². The van der Waals surface area contributed by atoms with E-state index in [4.69, 9.17) is 0 Å². The molecule has 6 nitrogen and oxygen atoms in total. The summed E-state index contributed by atoms with van der Waals surface area (Å²) in [6, 6.07) is 23.4. The molecular weight excluding hydrogens is 422 g/mol. The van der Waals surface area contributed by atoms with Crippen molar-refractivity contribution in [3.8, 4) is 0 Å². The van der Waals surface area contributed by atoms with Crippen LogP contribution in [0.25, 0.3) is 10.8 Å². The largest absolute Gasteiger partial charge is 0.340 e. The zero-order valence-corrected chi connectivity index (χ0v) is 19.6. The molecule has 3 aromatic rings. The summed E-state index contributed by atoms with van der Waals surface area (Å²) in [7, 11) is 0.147. The van der Waals surface area contributed by atoms with E-state index in [-0.39, 0.29) is 18.5 Å². The number of nitrogens with one attached hydrogen (secondary N) is 2. The van der Waals surface area contributed by atoms with Crippen LogP contribution < -0.4 is 10.0 Å². The van der Waals surface area contributed by atoms with Crippen LogP contribution in [0.3, 0.4) is 0 Å². The maximum absolute atomic E-state index is 13.4. The van der Waals surface area contributed by atoms with E-state index in [9.17, 15) is 13.2 Å². The Hall–Kier alpha value is -2.74. The van der Waals surface area contributed by atoms with Gasteiger partial charge < -0.3 is 10.2 Å². The zero-order valence-electron chi connectivity index (χ0n) is 18.8. The van der Waals surface area contributed by atoms with Crippen molar-refractivity contribution in [2.45, 2.75) is 24.9 Å². The SMILES string of the molecule is CN[C@H](Cc1ccc2ccccc2c1)C(=O)N(C)[C@@H](CNS(C)(=O)=O)Cc1ccccc1. The lowest BCUT2D eigenvalue weighted by molar-refractivity contribution is -0.134. The van der Waals surface area contributed by atoms with Crippen LogP contribution in [0, 0.1) is 0 Å². The lowest BCUT2D eigenvalue weighted by Crippen LogP contribution is -2.52. The van der Waals surface area contributed by atoms with Gasteiger partial charge in [-0.3, -0.25) is 4.79 Å². The van der Waals surface area contributed by atoms with Gasteiger partial charge in [-0.15, -0.1) is 0 Å². The minimum atomic E-state index is -3.37. The summed E-state index contributed by atoms with van der Waals surface area (Å²) >= 11 is 0. The number of hydrogen-bond donors (Lipinski definition) is 2. The predicted molar refractivity (Wildman–Crippen MR) is 130 cm³/mol. The van der Waals surface area contributed by atoms with Crippen LogP contribution in [0.2, 0.25) is 0 Å². The molecule has 2 N–H and O–H groups in total. The molecule has 0 saturated carbocycles. The van der Waals surface area contributed by atoms with E-state index in [0.29, 0.717) is 12.8 Å². The van der Waals surface area contributed by atoms with Gasteiger partial charge in [0.1, 0.15) is 0 Å². The highest BCUT2D eigenvalue weighted by Gasteiger charge is 2.27. The Labute approximate surface area is 190 Å². The lowest BCUT2D eigenvalue weighted by atomic mass is 9.99. The molecule has 0 aliphatic carbocycles. The third-order valence-electron chi connectivity index (χ3n) is 5.69. The number of hydrogen-bond acceptors (Lipinski definition) is 4. The Morgan fingerprint density at radius 2 is 1.56 bits per heavy atom. The number of carbonyl (C=O) groups is 1. The van der Waals surface area contributed by atoms with Gasteiger partial charge in [-0.05, 0) is 41.8 Å². The van der Waals surface area contributed by atoms with Crippen molar-refractivity contribution in [3.05, 3.63) is 83.9 Å². The highest BCUT2D eigenvalue weighted by atomic mass is 32.2. The van der Waals surface area contributed by atoms with E-state index in [1.54, 1.807) is 19.0 Å². The number of carbonyl (C=O) groups excluding carboxylic acids is 1. The summed E-state index contributed by atoms with van der Waals surface area (Å²) in [5.41, 5.74) is 2.11. The minimum absolute atomic E-state index is 0.0723. The van der Waals surface area contributed by atoms with Gasteiger partial charge >= 0.3 is 0 Å². The van der Waals surface area contributed by atoms with Gasteiger partial charge in [0, 0.05) is 19.6 Å². The predicted octanol–water partition coefficient (Wildman–Crippen LogP) is 2.59. The number of likely N-dealkylation sites (N-methyl/N-ethyl adjacent to an activating group) is 2. The van der Waals surface area contributed by atoms with Gasteiger partial charge in [0.2, 0.25) is 15.9 Å². The van der Waals surface area contributed by atoms with Crippen LogP contribution >= 0.6 is 0 Å². The molecule has 0 heterocycles. The maximum Gasteiger partial charge on any atom is 0.240 e. The number of amides is 1. The topological polar surface area (TPSA) is 78.5 Å². The minimum Gasteiger partial charge on any atom is -0.340 e. The number of nitrogens with zero attached hydrogens (tertiary/aromatic N) is 1. The van der Waals surface area contributed by atoms with Crippen LogP contribution in [0.4, 0.5) is 0 Å². The van der Waals surface area contributed by atoms with Gasteiger partial charge in [-0.2, -0.15) is 0 Å². The normalized spacial score (nSPS) is 13.6. The van der Waals surface area contributed by atoms with E-state index >= 15 is 0 Å². The van der Waals surface area contributed by atoms with Crippen molar-refractivity contribution in [2.75, 3.05) is 26.9 Å². The second-order valence-electron chi connectivity index (χ2n) is 8.14. The summed E-state index contributed by atoms with van der Waals surface area (Å²) in [6.07, 6.45) is 2.23. The van der Waals surface area contributed by atoms with Crippen LogP contribution in [0.1, 0.15) is 11.1 Å². The summed E-state index contributed by atoms with van der Waals surface area (Å²) < 4.78 is 25.9. The number of sulfonamides is 1. The number of rotatable bonds is 10. The molecule has 0 aliphatic rings. The summed E-state index contributed by atoms with van der Waals surface area (Å²) in [5, 5.41) is 5.44. The fraction of sp³-hybridized carbons (Fsp3) is 0.320. The van der Waals surface area contributed by atoms with Crippen LogP contribution in [-0.2, 0) is 27.7 Å². The summed E-state index contributed by atoms with van der Waals surface area (Å²) in [4.78, 5) is 15.0. The zero-order chi connectivity index (χ0) is 23.1. The van der Waals surface area contributed by atoms with Gasteiger partial charge in [0.25, 0.3) is 0 Å². The first-order valence-electron chi connectivity index (χ1n) is 10.7. The Morgan fingerprint density at radius 1 is 0.906 bits per heavy atom. The second kappa shape index (κ2) is 10.7. The molecule has 1 amide bonds. The Morgan fingerprint density at radius 3 is 2.22 bits per heavy atom. The Balaban J connectivity index is 1.77. The molecule has 0 fully saturated rings. The molecule has 0 aliphatic heterocycles. The average molecular weight is 454 g/mol. The average Bonchev–Trinajstić information content (AvgIpc) is 2.79. The van der Waals surface area contributed by atoms with Crippen LogP contribution in [0.5, 0.6) is 0 Å². The highest BCUT2D eigenvalue weighted by Crippen LogP contribution is 2.18.